The van der Waals surface area contributed by atoms with Gasteiger partial charge in [0.15, 0.2) is 0 Å². The number of para-hydroxylation sites is 1. The van der Waals surface area contributed by atoms with Crippen LogP contribution in [-0.2, 0) is 11.8 Å². The molecule has 2 atom stereocenters. The van der Waals surface area contributed by atoms with Gasteiger partial charge in [-0.25, -0.2) is 5.43 Å². The third kappa shape index (κ3) is 2.70. The molecule has 0 aliphatic heterocycles. The van der Waals surface area contributed by atoms with Gasteiger partial charge in [0.2, 0.25) is 10.7 Å². The SMILES string of the molecule is Cn1/c(=N\NC(=O)CC23CC4CC(CC(O)(C4)C2)C3)sc2ccccc21. The molecule has 1 aromatic heterocycles. The van der Waals surface area contributed by atoms with Crippen molar-refractivity contribution in [3.8, 4) is 0 Å². The summed E-state index contributed by atoms with van der Waals surface area (Å²) in [5, 5.41) is 15.2. The molecule has 0 radical (unpaired) electrons. The summed E-state index contributed by atoms with van der Waals surface area (Å²) in [5.41, 5.74) is 3.37. The van der Waals surface area contributed by atoms with Crippen molar-refractivity contribution >= 4 is 27.5 Å². The number of aliphatic hydroxyl groups is 1. The molecule has 2 unspecified atom stereocenters. The standard InChI is InChI=1S/C20H25N3O2S/c1-23-15-4-2-3-5-16(15)26-18(23)22-21-17(24)11-19-7-13-6-14(8-19)10-20(25,9-13)12-19/h2-5,13-14,25H,6-12H2,1H3,(H,21,24)/b22-18+. The molecule has 2 aromatic rings. The van der Waals surface area contributed by atoms with Crippen LogP contribution in [0.3, 0.4) is 0 Å². The van der Waals surface area contributed by atoms with Gasteiger partial charge in [-0.05, 0) is 67.9 Å². The molecule has 0 spiro atoms. The monoisotopic (exact) mass is 371 g/mol. The molecule has 6 rings (SSSR count). The molecule has 0 saturated heterocycles. The normalized spacial score (nSPS) is 36.0. The molecule has 4 aliphatic rings. The lowest BCUT2D eigenvalue weighted by Gasteiger charge is -2.60. The fourth-order valence-electron chi connectivity index (χ4n) is 6.29. The fraction of sp³-hybridized carbons (Fsp3) is 0.600. The van der Waals surface area contributed by atoms with Crippen LogP contribution in [0, 0.1) is 17.3 Å². The summed E-state index contributed by atoms with van der Waals surface area (Å²) in [6.07, 6.45) is 6.58. The molecule has 5 nitrogen and oxygen atoms in total. The van der Waals surface area contributed by atoms with Crippen LogP contribution in [-0.4, -0.2) is 21.2 Å². The van der Waals surface area contributed by atoms with Gasteiger partial charge in [-0.15, -0.1) is 5.10 Å². The van der Waals surface area contributed by atoms with E-state index in [-0.39, 0.29) is 11.3 Å². The highest BCUT2D eigenvalue weighted by Gasteiger charge is 2.57. The van der Waals surface area contributed by atoms with Gasteiger partial charge in [0.05, 0.1) is 15.8 Å². The smallest absolute Gasteiger partial charge is 0.240 e. The molecule has 1 amide bonds. The molecule has 4 aliphatic carbocycles. The van der Waals surface area contributed by atoms with Crippen molar-refractivity contribution in [2.45, 2.75) is 50.5 Å². The van der Waals surface area contributed by atoms with E-state index in [2.05, 4.69) is 22.7 Å². The maximum atomic E-state index is 12.6. The van der Waals surface area contributed by atoms with Gasteiger partial charge >= 0.3 is 0 Å². The Hall–Kier alpha value is -1.66. The predicted octanol–water partition coefficient (Wildman–Crippen LogP) is 2.89. The van der Waals surface area contributed by atoms with Gasteiger partial charge in [0, 0.05) is 13.5 Å². The van der Waals surface area contributed by atoms with Gasteiger partial charge in [-0.2, -0.15) is 0 Å². The Morgan fingerprint density at radius 3 is 2.73 bits per heavy atom. The number of hydrogen-bond acceptors (Lipinski definition) is 4. The van der Waals surface area contributed by atoms with Crippen LogP contribution in [0.25, 0.3) is 10.2 Å². The van der Waals surface area contributed by atoms with E-state index >= 15 is 0 Å². The third-order valence-electron chi connectivity index (χ3n) is 6.68. The molecule has 1 aromatic carbocycles. The molecule has 4 bridgehead atoms. The average molecular weight is 372 g/mol. The summed E-state index contributed by atoms with van der Waals surface area (Å²) in [5.74, 6) is 1.19. The molecule has 2 N–H and O–H groups in total. The van der Waals surface area contributed by atoms with Crippen LogP contribution in [0.1, 0.15) is 44.9 Å². The maximum Gasteiger partial charge on any atom is 0.240 e. The van der Waals surface area contributed by atoms with Crippen molar-refractivity contribution in [2.24, 2.45) is 29.4 Å². The van der Waals surface area contributed by atoms with Crippen molar-refractivity contribution in [1.29, 1.82) is 0 Å². The number of aryl methyl sites for hydroxylation is 1. The fourth-order valence-corrected chi connectivity index (χ4v) is 7.27. The Balaban J connectivity index is 1.34. The van der Waals surface area contributed by atoms with E-state index in [4.69, 9.17) is 0 Å². The third-order valence-corrected chi connectivity index (χ3v) is 7.79. The summed E-state index contributed by atoms with van der Waals surface area (Å²) < 4.78 is 3.17. The van der Waals surface area contributed by atoms with E-state index in [0.29, 0.717) is 18.3 Å². The number of amides is 1. The zero-order valence-corrected chi connectivity index (χ0v) is 15.9. The van der Waals surface area contributed by atoms with E-state index in [9.17, 15) is 9.90 Å². The number of carbonyl (C=O) groups excluding carboxylic acids is 1. The first kappa shape index (κ1) is 16.5. The number of carbonyl (C=O) groups is 1. The largest absolute Gasteiger partial charge is 0.390 e. The van der Waals surface area contributed by atoms with Crippen LogP contribution in [0.2, 0.25) is 0 Å². The minimum Gasteiger partial charge on any atom is -0.390 e. The number of fused-ring (bicyclic) bond motifs is 1. The number of thiazole rings is 1. The van der Waals surface area contributed by atoms with Crippen molar-refractivity contribution in [1.82, 2.24) is 9.99 Å². The van der Waals surface area contributed by atoms with Gasteiger partial charge < -0.3 is 9.67 Å². The molecular formula is C20H25N3O2S. The first-order valence-electron chi connectivity index (χ1n) is 9.53. The van der Waals surface area contributed by atoms with E-state index in [0.717, 1.165) is 47.1 Å². The van der Waals surface area contributed by atoms with Crippen molar-refractivity contribution in [3.63, 3.8) is 0 Å². The van der Waals surface area contributed by atoms with E-state index in [1.54, 1.807) is 11.3 Å². The van der Waals surface area contributed by atoms with Crippen LogP contribution >= 0.6 is 11.3 Å². The van der Waals surface area contributed by atoms with E-state index < -0.39 is 5.60 Å². The van der Waals surface area contributed by atoms with Crippen LogP contribution in [0.15, 0.2) is 29.4 Å². The second-order valence-electron chi connectivity index (χ2n) is 8.92. The number of rotatable bonds is 3. The summed E-state index contributed by atoms with van der Waals surface area (Å²) in [4.78, 5) is 13.4. The highest BCUT2D eigenvalue weighted by atomic mass is 32.1. The van der Waals surface area contributed by atoms with Crippen LogP contribution in [0.4, 0.5) is 0 Å². The van der Waals surface area contributed by atoms with Crippen LogP contribution in [0.5, 0.6) is 0 Å². The van der Waals surface area contributed by atoms with Crippen molar-refractivity contribution in [3.05, 3.63) is 29.1 Å². The number of nitrogens with one attached hydrogen (secondary N) is 1. The summed E-state index contributed by atoms with van der Waals surface area (Å²) in [7, 11) is 1.97. The summed E-state index contributed by atoms with van der Waals surface area (Å²) >= 11 is 1.58. The zero-order valence-electron chi connectivity index (χ0n) is 15.1. The van der Waals surface area contributed by atoms with E-state index in [1.807, 2.05) is 23.7 Å². The maximum absolute atomic E-state index is 12.6. The lowest BCUT2D eigenvalue weighted by molar-refractivity contribution is -0.169. The Bertz CT molecular complexity index is 930. The molecule has 138 valence electrons. The van der Waals surface area contributed by atoms with Crippen molar-refractivity contribution in [2.75, 3.05) is 0 Å². The number of benzene rings is 1. The number of nitrogens with zero attached hydrogens (tertiary/aromatic N) is 2. The predicted molar refractivity (Wildman–Crippen MR) is 101 cm³/mol. The number of hydrogen-bond donors (Lipinski definition) is 2. The Morgan fingerprint density at radius 2 is 2.04 bits per heavy atom. The Labute approximate surface area is 156 Å². The molecule has 4 fully saturated rings. The Morgan fingerprint density at radius 1 is 1.31 bits per heavy atom. The molecule has 26 heavy (non-hydrogen) atoms. The zero-order chi connectivity index (χ0) is 17.9. The van der Waals surface area contributed by atoms with Crippen molar-refractivity contribution < 1.29 is 9.90 Å². The molecule has 4 saturated carbocycles. The average Bonchev–Trinajstić information content (AvgIpc) is 2.87. The molecule has 1 heterocycles. The quantitative estimate of drug-likeness (QED) is 0.815. The highest BCUT2D eigenvalue weighted by molar-refractivity contribution is 7.16. The Kier molecular flexibility index (Phi) is 3.60. The minimum absolute atomic E-state index is 0.0131. The first-order chi connectivity index (χ1) is 12.4. The number of aromatic nitrogens is 1. The lowest BCUT2D eigenvalue weighted by Crippen LogP contribution is -2.56. The van der Waals surface area contributed by atoms with Gasteiger partial charge in [0.25, 0.3) is 0 Å². The van der Waals surface area contributed by atoms with Gasteiger partial charge in [-0.1, -0.05) is 23.5 Å². The van der Waals surface area contributed by atoms with Crippen LogP contribution < -0.4 is 10.2 Å². The second kappa shape index (κ2) is 5.67. The van der Waals surface area contributed by atoms with Gasteiger partial charge in [0.1, 0.15) is 0 Å². The summed E-state index contributed by atoms with van der Waals surface area (Å²) in [6, 6.07) is 8.15. The minimum atomic E-state index is -0.514. The molecule has 6 heteroatoms. The lowest BCUT2D eigenvalue weighted by atomic mass is 9.47. The first-order valence-corrected chi connectivity index (χ1v) is 10.3. The highest BCUT2D eigenvalue weighted by Crippen LogP contribution is 2.62. The second-order valence-corrected chi connectivity index (χ2v) is 9.93. The topological polar surface area (TPSA) is 66.6 Å². The van der Waals surface area contributed by atoms with Gasteiger partial charge in [-0.3, -0.25) is 4.79 Å². The molecular weight excluding hydrogens is 346 g/mol. The summed E-state index contributed by atoms with van der Waals surface area (Å²) in [6.45, 7) is 0. The van der Waals surface area contributed by atoms with E-state index in [1.165, 1.54) is 6.42 Å².